The molecule has 0 saturated carbocycles. The van der Waals surface area contributed by atoms with E-state index in [1.807, 2.05) is 13.1 Å². The third-order valence-electron chi connectivity index (χ3n) is 2.80. The number of anilines is 1. The van der Waals surface area contributed by atoms with E-state index in [-0.39, 0.29) is 0 Å². The molecule has 1 aliphatic heterocycles. The molecule has 0 radical (unpaired) electrons. The van der Waals surface area contributed by atoms with Crippen molar-refractivity contribution in [2.45, 2.75) is 19.4 Å². The van der Waals surface area contributed by atoms with Crippen molar-refractivity contribution in [3.8, 4) is 6.07 Å². The fraction of sp³-hybridized carbons (Fsp3) is 0.364. The summed E-state index contributed by atoms with van der Waals surface area (Å²) in [4.78, 5) is 2.18. The molecule has 0 amide bonds. The van der Waals surface area contributed by atoms with E-state index in [9.17, 15) is 0 Å². The van der Waals surface area contributed by atoms with Crippen molar-refractivity contribution < 1.29 is 0 Å². The summed E-state index contributed by atoms with van der Waals surface area (Å²) in [5, 5.41) is 9.03. The van der Waals surface area contributed by atoms with Crippen LogP contribution in [0.4, 0.5) is 5.69 Å². The molecule has 1 aromatic rings. The van der Waals surface area contributed by atoms with Crippen molar-refractivity contribution in [2.75, 3.05) is 11.9 Å². The normalized spacial score (nSPS) is 19.3. The lowest BCUT2D eigenvalue weighted by molar-refractivity contribution is 0.732. The predicted octanol–water partition coefficient (Wildman–Crippen LogP) is 2.70. The minimum Gasteiger partial charge on any atom is -0.370 e. The third kappa shape index (κ3) is 1.31. The van der Waals surface area contributed by atoms with Crippen LogP contribution in [-0.4, -0.2) is 13.1 Å². The van der Waals surface area contributed by atoms with Gasteiger partial charge in [-0.2, -0.15) is 5.26 Å². The minimum absolute atomic E-state index is 0.492. The van der Waals surface area contributed by atoms with Crippen molar-refractivity contribution in [2.24, 2.45) is 0 Å². The van der Waals surface area contributed by atoms with E-state index in [1.165, 1.54) is 5.56 Å². The fourth-order valence-electron chi connectivity index (χ4n) is 1.99. The summed E-state index contributed by atoms with van der Waals surface area (Å²) in [6.07, 6.45) is 1.03. The zero-order valence-corrected chi connectivity index (χ0v) is 9.80. The second kappa shape index (κ2) is 3.29. The Morgan fingerprint density at radius 2 is 2.29 bits per heavy atom. The molecule has 1 unspecified atom stereocenters. The maximum atomic E-state index is 9.03. The molecule has 2 rings (SSSR count). The Morgan fingerprint density at radius 3 is 2.93 bits per heavy atom. The molecule has 1 aliphatic rings. The Hall–Kier alpha value is -1.01. The quantitative estimate of drug-likeness (QED) is 0.708. The van der Waals surface area contributed by atoms with Crippen LogP contribution < -0.4 is 4.90 Å². The lowest BCUT2D eigenvalue weighted by Gasteiger charge is -2.19. The van der Waals surface area contributed by atoms with Gasteiger partial charge in [-0.25, -0.2) is 0 Å². The number of nitriles is 1. The average Bonchev–Trinajstić information content (AvgIpc) is 2.41. The summed E-state index contributed by atoms with van der Waals surface area (Å²) in [5.41, 5.74) is 3.13. The second-order valence-corrected chi connectivity index (χ2v) is 4.65. The first kappa shape index (κ1) is 9.54. The monoisotopic (exact) mass is 250 g/mol. The molecule has 0 bridgehead atoms. The Kier molecular flexibility index (Phi) is 2.24. The van der Waals surface area contributed by atoms with E-state index >= 15 is 0 Å². The van der Waals surface area contributed by atoms with Gasteiger partial charge in [-0.15, -0.1) is 0 Å². The molecule has 1 heterocycles. The van der Waals surface area contributed by atoms with Crippen LogP contribution in [0.2, 0.25) is 0 Å². The molecule has 0 saturated heterocycles. The van der Waals surface area contributed by atoms with Gasteiger partial charge >= 0.3 is 0 Å². The summed E-state index contributed by atoms with van der Waals surface area (Å²) < 4.78 is 0.996. The summed E-state index contributed by atoms with van der Waals surface area (Å²) in [6, 6.07) is 6.73. The summed E-state index contributed by atoms with van der Waals surface area (Å²) in [5.74, 6) is 0. The van der Waals surface area contributed by atoms with Crippen LogP contribution in [-0.2, 0) is 6.42 Å². The first-order valence-corrected chi connectivity index (χ1v) is 5.38. The highest BCUT2D eigenvalue weighted by Gasteiger charge is 2.25. The molecule has 1 aromatic carbocycles. The summed E-state index contributed by atoms with van der Waals surface area (Å²) in [7, 11) is 2.05. The van der Waals surface area contributed by atoms with Crippen LogP contribution in [0, 0.1) is 11.3 Å². The number of hydrogen-bond donors (Lipinski definition) is 0. The number of likely N-dealkylation sites (N-methyl/N-ethyl adjacent to an activating group) is 1. The van der Waals surface area contributed by atoms with Gasteiger partial charge in [0.05, 0.1) is 11.3 Å². The first-order chi connectivity index (χ1) is 6.63. The lowest BCUT2D eigenvalue weighted by Crippen LogP contribution is -2.24. The van der Waals surface area contributed by atoms with E-state index in [4.69, 9.17) is 5.26 Å². The number of halogens is 1. The molecular formula is C11H11BrN2. The molecule has 0 aliphatic carbocycles. The number of benzene rings is 1. The molecule has 2 nitrogen and oxygen atoms in total. The molecule has 0 fully saturated rings. The van der Waals surface area contributed by atoms with E-state index < -0.39 is 0 Å². The van der Waals surface area contributed by atoms with Crippen LogP contribution in [0.25, 0.3) is 0 Å². The Morgan fingerprint density at radius 1 is 1.57 bits per heavy atom. The van der Waals surface area contributed by atoms with Crippen LogP contribution in [0.1, 0.15) is 18.1 Å². The molecule has 0 N–H and O–H groups in total. The Labute approximate surface area is 92.3 Å². The van der Waals surface area contributed by atoms with Gasteiger partial charge in [-0.1, -0.05) is 15.9 Å². The number of nitrogens with zero attached hydrogens (tertiary/aromatic N) is 2. The highest BCUT2D eigenvalue weighted by Crippen LogP contribution is 2.36. The van der Waals surface area contributed by atoms with Gasteiger partial charge in [0.15, 0.2) is 0 Å². The van der Waals surface area contributed by atoms with Crippen LogP contribution in [0.5, 0.6) is 0 Å². The minimum atomic E-state index is 0.492. The summed E-state index contributed by atoms with van der Waals surface area (Å²) >= 11 is 3.43. The average molecular weight is 251 g/mol. The first-order valence-electron chi connectivity index (χ1n) is 4.59. The third-order valence-corrected chi connectivity index (χ3v) is 3.26. The molecule has 1 atom stereocenters. The Balaban J connectivity index is 2.63. The number of hydrogen-bond acceptors (Lipinski definition) is 2. The predicted molar refractivity (Wildman–Crippen MR) is 60.4 cm³/mol. The van der Waals surface area contributed by atoms with Crippen LogP contribution in [0.3, 0.4) is 0 Å². The van der Waals surface area contributed by atoms with E-state index in [2.05, 4.69) is 39.9 Å². The SMILES string of the molecule is CC1Cc2cc(Br)cc(C#N)c2N1C. The van der Waals surface area contributed by atoms with Gasteiger partial charge in [-0.05, 0) is 31.0 Å². The number of fused-ring (bicyclic) bond motifs is 1. The van der Waals surface area contributed by atoms with Gasteiger partial charge in [0.25, 0.3) is 0 Å². The topological polar surface area (TPSA) is 27.0 Å². The van der Waals surface area contributed by atoms with Crippen molar-refractivity contribution in [3.63, 3.8) is 0 Å². The van der Waals surface area contributed by atoms with Gasteiger partial charge in [0.2, 0.25) is 0 Å². The lowest BCUT2D eigenvalue weighted by atomic mass is 10.1. The Bertz CT molecular complexity index is 420. The molecule has 0 spiro atoms. The van der Waals surface area contributed by atoms with Crippen LogP contribution in [0.15, 0.2) is 16.6 Å². The molecule has 0 aromatic heterocycles. The molecule has 72 valence electrons. The molecule has 14 heavy (non-hydrogen) atoms. The van der Waals surface area contributed by atoms with Crippen molar-refractivity contribution in [3.05, 3.63) is 27.7 Å². The van der Waals surface area contributed by atoms with Gasteiger partial charge in [0.1, 0.15) is 6.07 Å². The van der Waals surface area contributed by atoms with Crippen molar-refractivity contribution >= 4 is 21.6 Å². The maximum absolute atomic E-state index is 9.03. The highest BCUT2D eigenvalue weighted by molar-refractivity contribution is 9.10. The molecular weight excluding hydrogens is 240 g/mol. The van der Waals surface area contributed by atoms with Gasteiger partial charge in [0, 0.05) is 17.6 Å². The molecule has 3 heteroatoms. The largest absolute Gasteiger partial charge is 0.370 e. The van der Waals surface area contributed by atoms with E-state index in [0.29, 0.717) is 6.04 Å². The maximum Gasteiger partial charge on any atom is 0.101 e. The van der Waals surface area contributed by atoms with Gasteiger partial charge < -0.3 is 4.90 Å². The van der Waals surface area contributed by atoms with E-state index in [1.54, 1.807) is 0 Å². The summed E-state index contributed by atoms with van der Waals surface area (Å²) in [6.45, 7) is 2.18. The zero-order chi connectivity index (χ0) is 10.3. The standard InChI is InChI=1S/C11H11BrN2/c1-7-3-8-4-10(12)5-9(6-13)11(8)14(7)2/h4-5,7H,3H2,1-2H3. The smallest absolute Gasteiger partial charge is 0.101 e. The van der Waals surface area contributed by atoms with Gasteiger partial charge in [-0.3, -0.25) is 0 Å². The fourth-order valence-corrected chi connectivity index (χ4v) is 2.49. The number of rotatable bonds is 0. The van der Waals surface area contributed by atoms with Crippen molar-refractivity contribution in [1.29, 1.82) is 5.26 Å². The van der Waals surface area contributed by atoms with Crippen molar-refractivity contribution in [1.82, 2.24) is 0 Å². The zero-order valence-electron chi connectivity index (χ0n) is 8.21. The highest BCUT2D eigenvalue weighted by atomic mass is 79.9. The van der Waals surface area contributed by atoms with E-state index in [0.717, 1.165) is 22.1 Å². The van der Waals surface area contributed by atoms with Crippen LogP contribution >= 0.6 is 15.9 Å². The second-order valence-electron chi connectivity index (χ2n) is 3.74.